The quantitative estimate of drug-likeness (QED) is 0.888. The Hall–Kier alpha value is -1.55. The standard InChI is InChI=1S/C16H24N2O2/c1-11-10-14(17-3)4-5-15(11)16(19)18-12(2)13-6-8-20-9-7-13/h4-5,10,12-13,17H,6-9H2,1-3H3,(H,18,19). The van der Waals surface area contributed by atoms with E-state index in [1.807, 2.05) is 32.2 Å². The Morgan fingerprint density at radius 1 is 1.35 bits per heavy atom. The average molecular weight is 276 g/mol. The highest BCUT2D eigenvalue weighted by Crippen LogP contribution is 2.20. The van der Waals surface area contributed by atoms with Crippen LogP contribution in [0.1, 0.15) is 35.7 Å². The third-order valence-corrected chi connectivity index (χ3v) is 4.09. The van der Waals surface area contributed by atoms with Crippen molar-refractivity contribution in [2.45, 2.75) is 32.7 Å². The van der Waals surface area contributed by atoms with Gasteiger partial charge in [-0.2, -0.15) is 0 Å². The zero-order chi connectivity index (χ0) is 14.5. The fraction of sp³-hybridized carbons (Fsp3) is 0.562. The zero-order valence-corrected chi connectivity index (χ0v) is 12.5. The molecule has 20 heavy (non-hydrogen) atoms. The van der Waals surface area contributed by atoms with Gasteiger partial charge in [-0.3, -0.25) is 4.79 Å². The fourth-order valence-corrected chi connectivity index (χ4v) is 2.69. The first kappa shape index (κ1) is 14.9. The van der Waals surface area contributed by atoms with E-state index in [0.717, 1.165) is 42.9 Å². The van der Waals surface area contributed by atoms with E-state index in [0.29, 0.717) is 5.92 Å². The Balaban J connectivity index is 2.00. The number of hydrogen-bond donors (Lipinski definition) is 2. The monoisotopic (exact) mass is 276 g/mol. The van der Waals surface area contributed by atoms with Crippen molar-refractivity contribution < 1.29 is 9.53 Å². The van der Waals surface area contributed by atoms with Crippen LogP contribution in [0.2, 0.25) is 0 Å². The molecule has 1 aromatic carbocycles. The first-order valence-electron chi connectivity index (χ1n) is 7.29. The van der Waals surface area contributed by atoms with E-state index in [-0.39, 0.29) is 11.9 Å². The smallest absolute Gasteiger partial charge is 0.251 e. The summed E-state index contributed by atoms with van der Waals surface area (Å²) in [4.78, 5) is 12.4. The van der Waals surface area contributed by atoms with Crippen molar-refractivity contribution >= 4 is 11.6 Å². The number of amides is 1. The van der Waals surface area contributed by atoms with Crippen LogP contribution in [0.4, 0.5) is 5.69 Å². The van der Waals surface area contributed by atoms with Crippen LogP contribution in [0, 0.1) is 12.8 Å². The Labute approximate surface area is 120 Å². The number of rotatable bonds is 4. The van der Waals surface area contributed by atoms with Gasteiger partial charge in [0.1, 0.15) is 0 Å². The maximum atomic E-state index is 12.4. The number of carbonyl (C=O) groups excluding carboxylic acids is 1. The summed E-state index contributed by atoms with van der Waals surface area (Å²) < 4.78 is 5.36. The van der Waals surface area contributed by atoms with Gasteiger partial charge in [-0.1, -0.05) is 0 Å². The number of anilines is 1. The molecule has 0 radical (unpaired) electrons. The lowest BCUT2D eigenvalue weighted by Gasteiger charge is -2.28. The molecule has 0 aromatic heterocycles. The SMILES string of the molecule is CNc1ccc(C(=O)NC(C)C2CCOCC2)c(C)c1. The van der Waals surface area contributed by atoms with Crippen LogP contribution >= 0.6 is 0 Å². The number of aryl methyl sites for hydroxylation is 1. The molecule has 0 spiro atoms. The van der Waals surface area contributed by atoms with Crippen LogP contribution in [-0.4, -0.2) is 32.2 Å². The van der Waals surface area contributed by atoms with Gasteiger partial charge in [0.2, 0.25) is 0 Å². The van der Waals surface area contributed by atoms with Crippen molar-refractivity contribution in [2.75, 3.05) is 25.6 Å². The maximum absolute atomic E-state index is 12.4. The molecule has 1 fully saturated rings. The summed E-state index contributed by atoms with van der Waals surface area (Å²) >= 11 is 0. The minimum atomic E-state index is 0.0177. The number of benzene rings is 1. The van der Waals surface area contributed by atoms with Gasteiger partial charge < -0.3 is 15.4 Å². The molecule has 1 aliphatic heterocycles. The molecule has 110 valence electrons. The molecule has 1 heterocycles. The highest BCUT2D eigenvalue weighted by molar-refractivity contribution is 5.96. The van der Waals surface area contributed by atoms with Gasteiger partial charge in [-0.05, 0) is 56.4 Å². The third-order valence-electron chi connectivity index (χ3n) is 4.09. The largest absolute Gasteiger partial charge is 0.388 e. The van der Waals surface area contributed by atoms with E-state index in [4.69, 9.17) is 4.74 Å². The molecule has 0 aliphatic carbocycles. The topological polar surface area (TPSA) is 50.4 Å². The van der Waals surface area contributed by atoms with E-state index in [2.05, 4.69) is 17.6 Å². The van der Waals surface area contributed by atoms with Crippen LogP contribution in [0.15, 0.2) is 18.2 Å². The zero-order valence-electron chi connectivity index (χ0n) is 12.5. The first-order valence-corrected chi connectivity index (χ1v) is 7.29. The molecular formula is C16H24N2O2. The van der Waals surface area contributed by atoms with E-state index in [1.54, 1.807) is 0 Å². The first-order chi connectivity index (χ1) is 9.61. The van der Waals surface area contributed by atoms with Gasteiger partial charge in [0.25, 0.3) is 5.91 Å². The van der Waals surface area contributed by atoms with Gasteiger partial charge in [-0.15, -0.1) is 0 Å². The second kappa shape index (κ2) is 6.75. The average Bonchev–Trinajstić information content (AvgIpc) is 2.47. The van der Waals surface area contributed by atoms with Crippen LogP contribution in [-0.2, 0) is 4.74 Å². The molecule has 4 heteroatoms. The summed E-state index contributed by atoms with van der Waals surface area (Å²) in [5.74, 6) is 0.536. The predicted octanol–water partition coefficient (Wildman–Crippen LogP) is 2.58. The summed E-state index contributed by atoms with van der Waals surface area (Å²) in [5.41, 5.74) is 2.77. The van der Waals surface area contributed by atoms with Crippen LogP contribution in [0.3, 0.4) is 0 Å². The lowest BCUT2D eigenvalue weighted by molar-refractivity contribution is 0.0538. The van der Waals surface area contributed by atoms with Crippen molar-refractivity contribution in [3.8, 4) is 0 Å². The molecule has 0 bridgehead atoms. The summed E-state index contributed by atoms with van der Waals surface area (Å²) in [6.45, 7) is 5.67. The molecular weight excluding hydrogens is 252 g/mol. The summed E-state index contributed by atoms with van der Waals surface area (Å²) in [5, 5.41) is 6.21. The molecule has 1 unspecified atom stereocenters. The molecule has 0 saturated carbocycles. The molecule has 2 rings (SSSR count). The summed E-state index contributed by atoms with van der Waals surface area (Å²) in [7, 11) is 1.88. The van der Waals surface area contributed by atoms with Gasteiger partial charge in [0, 0.05) is 37.6 Å². The Morgan fingerprint density at radius 2 is 2.05 bits per heavy atom. The molecule has 1 atom stereocenters. The van der Waals surface area contributed by atoms with Gasteiger partial charge in [0.15, 0.2) is 0 Å². The Bertz CT molecular complexity index is 468. The minimum absolute atomic E-state index is 0.0177. The van der Waals surface area contributed by atoms with Crippen LogP contribution < -0.4 is 10.6 Å². The lowest BCUT2D eigenvalue weighted by atomic mass is 9.92. The number of hydrogen-bond acceptors (Lipinski definition) is 3. The number of ether oxygens (including phenoxy) is 1. The highest BCUT2D eigenvalue weighted by atomic mass is 16.5. The third kappa shape index (κ3) is 3.51. The fourth-order valence-electron chi connectivity index (χ4n) is 2.69. The van der Waals surface area contributed by atoms with E-state index in [1.165, 1.54) is 0 Å². The Morgan fingerprint density at radius 3 is 2.65 bits per heavy atom. The maximum Gasteiger partial charge on any atom is 0.251 e. The molecule has 1 aromatic rings. The van der Waals surface area contributed by atoms with Crippen molar-refractivity contribution in [1.29, 1.82) is 0 Å². The summed E-state index contributed by atoms with van der Waals surface area (Å²) in [6.07, 6.45) is 2.05. The molecule has 2 N–H and O–H groups in total. The van der Waals surface area contributed by atoms with Crippen molar-refractivity contribution in [3.63, 3.8) is 0 Å². The van der Waals surface area contributed by atoms with Crippen LogP contribution in [0.5, 0.6) is 0 Å². The van der Waals surface area contributed by atoms with Gasteiger partial charge in [0.05, 0.1) is 0 Å². The highest BCUT2D eigenvalue weighted by Gasteiger charge is 2.22. The second-order valence-electron chi connectivity index (χ2n) is 5.49. The van der Waals surface area contributed by atoms with E-state index >= 15 is 0 Å². The molecule has 4 nitrogen and oxygen atoms in total. The van der Waals surface area contributed by atoms with E-state index in [9.17, 15) is 4.79 Å². The van der Waals surface area contributed by atoms with Crippen molar-refractivity contribution in [2.24, 2.45) is 5.92 Å². The second-order valence-corrected chi connectivity index (χ2v) is 5.49. The summed E-state index contributed by atoms with van der Waals surface area (Å²) in [6, 6.07) is 6.00. The molecule has 1 aliphatic rings. The number of carbonyl (C=O) groups is 1. The van der Waals surface area contributed by atoms with Crippen molar-refractivity contribution in [3.05, 3.63) is 29.3 Å². The normalized spacial score (nSPS) is 17.6. The molecule has 1 saturated heterocycles. The Kier molecular flexibility index (Phi) is 5.01. The number of nitrogens with one attached hydrogen (secondary N) is 2. The lowest BCUT2D eigenvalue weighted by Crippen LogP contribution is -2.40. The minimum Gasteiger partial charge on any atom is -0.388 e. The van der Waals surface area contributed by atoms with Crippen molar-refractivity contribution in [1.82, 2.24) is 5.32 Å². The van der Waals surface area contributed by atoms with Crippen LogP contribution in [0.25, 0.3) is 0 Å². The molecule has 1 amide bonds. The van der Waals surface area contributed by atoms with E-state index < -0.39 is 0 Å². The predicted molar refractivity (Wildman–Crippen MR) is 81.2 cm³/mol. The van der Waals surface area contributed by atoms with Gasteiger partial charge in [-0.25, -0.2) is 0 Å². The van der Waals surface area contributed by atoms with Gasteiger partial charge >= 0.3 is 0 Å².